The van der Waals surface area contributed by atoms with E-state index in [0.29, 0.717) is 0 Å². The molecule has 0 radical (unpaired) electrons. The van der Waals surface area contributed by atoms with E-state index in [9.17, 15) is 8.42 Å². The Kier molecular flexibility index (Phi) is 3.33. The van der Waals surface area contributed by atoms with Gasteiger partial charge in [-0.15, -0.1) is 0 Å². The number of hydrogen-bond acceptors (Lipinski definition) is 5. The molecule has 7 heteroatoms. The van der Waals surface area contributed by atoms with Gasteiger partial charge in [-0.05, 0) is 24.3 Å². The molecule has 2 aromatic carbocycles. The number of rotatable bonds is 3. The summed E-state index contributed by atoms with van der Waals surface area (Å²) in [5.74, 6) is 0. The van der Waals surface area contributed by atoms with Crippen molar-refractivity contribution in [3.8, 4) is 6.07 Å². The third-order valence-electron chi connectivity index (χ3n) is 2.81. The van der Waals surface area contributed by atoms with Crippen LogP contribution >= 0.6 is 11.3 Å². The average Bonchev–Trinajstić information content (AvgIpc) is 2.88. The van der Waals surface area contributed by atoms with E-state index in [1.807, 2.05) is 30.3 Å². The van der Waals surface area contributed by atoms with Crippen molar-refractivity contribution in [3.05, 3.63) is 54.1 Å². The van der Waals surface area contributed by atoms with E-state index in [-0.39, 0.29) is 15.6 Å². The lowest BCUT2D eigenvalue weighted by Crippen LogP contribution is -2.14. The molecule has 0 unspecified atom stereocenters. The zero-order valence-corrected chi connectivity index (χ0v) is 12.3. The molecule has 0 bridgehead atoms. The standard InChI is InChI=1S/C14H9N3O2S2/c15-9-10-5-1-4-8-13(10)21(18,19)17-14-16-11-6-2-3-7-12(11)20-14/h1-8H,(H,16,17). The van der Waals surface area contributed by atoms with Crippen molar-refractivity contribution in [3.63, 3.8) is 0 Å². The molecule has 0 atom stereocenters. The molecule has 0 amide bonds. The van der Waals surface area contributed by atoms with Crippen molar-refractivity contribution in [1.82, 2.24) is 4.98 Å². The van der Waals surface area contributed by atoms with E-state index in [2.05, 4.69) is 9.71 Å². The van der Waals surface area contributed by atoms with E-state index >= 15 is 0 Å². The van der Waals surface area contributed by atoms with Crippen LogP contribution in [-0.4, -0.2) is 13.4 Å². The van der Waals surface area contributed by atoms with Gasteiger partial charge in [0.15, 0.2) is 5.13 Å². The zero-order valence-electron chi connectivity index (χ0n) is 10.6. The van der Waals surface area contributed by atoms with E-state index in [1.165, 1.54) is 23.5 Å². The number of benzene rings is 2. The summed E-state index contributed by atoms with van der Waals surface area (Å²) in [5, 5.41) is 9.29. The third kappa shape index (κ3) is 2.59. The fraction of sp³-hybridized carbons (Fsp3) is 0. The van der Waals surface area contributed by atoms with Crippen molar-refractivity contribution >= 4 is 36.7 Å². The number of sulfonamides is 1. The summed E-state index contributed by atoms with van der Waals surface area (Å²) in [5.41, 5.74) is 0.833. The minimum absolute atomic E-state index is 0.0493. The summed E-state index contributed by atoms with van der Waals surface area (Å²) in [4.78, 5) is 4.17. The topological polar surface area (TPSA) is 82.8 Å². The van der Waals surface area contributed by atoms with Crippen LogP contribution in [0.4, 0.5) is 5.13 Å². The van der Waals surface area contributed by atoms with Crippen LogP contribution in [0, 0.1) is 11.3 Å². The highest BCUT2D eigenvalue weighted by Crippen LogP contribution is 2.27. The van der Waals surface area contributed by atoms with Crippen LogP contribution < -0.4 is 4.72 Å². The minimum atomic E-state index is -3.83. The van der Waals surface area contributed by atoms with Gasteiger partial charge < -0.3 is 0 Å². The first-order chi connectivity index (χ1) is 10.1. The van der Waals surface area contributed by atoms with Crippen LogP contribution in [0.5, 0.6) is 0 Å². The molecule has 1 heterocycles. The van der Waals surface area contributed by atoms with Gasteiger partial charge in [-0.25, -0.2) is 13.4 Å². The Bertz CT molecular complexity index is 923. The summed E-state index contributed by atoms with van der Waals surface area (Å²) in [6, 6.07) is 15.3. The maximum atomic E-state index is 12.4. The first kappa shape index (κ1) is 13.5. The summed E-state index contributed by atoms with van der Waals surface area (Å²) in [6.45, 7) is 0. The third-order valence-corrected chi connectivity index (χ3v) is 5.29. The number of fused-ring (bicyclic) bond motifs is 1. The van der Waals surface area contributed by atoms with Gasteiger partial charge in [-0.2, -0.15) is 5.26 Å². The van der Waals surface area contributed by atoms with Gasteiger partial charge in [-0.1, -0.05) is 35.6 Å². The van der Waals surface area contributed by atoms with Crippen LogP contribution in [0.3, 0.4) is 0 Å². The second kappa shape index (κ2) is 5.16. The Morgan fingerprint density at radius 3 is 2.57 bits per heavy atom. The number of para-hydroxylation sites is 1. The number of nitrogens with zero attached hydrogens (tertiary/aromatic N) is 2. The zero-order chi connectivity index (χ0) is 14.9. The van der Waals surface area contributed by atoms with E-state index < -0.39 is 10.0 Å². The monoisotopic (exact) mass is 315 g/mol. The van der Waals surface area contributed by atoms with Crippen LogP contribution in [0.1, 0.15) is 5.56 Å². The molecule has 0 aliphatic heterocycles. The average molecular weight is 315 g/mol. The first-order valence-corrected chi connectivity index (χ1v) is 8.28. The van der Waals surface area contributed by atoms with Gasteiger partial charge >= 0.3 is 0 Å². The van der Waals surface area contributed by atoms with Crippen LogP contribution in [0.25, 0.3) is 10.2 Å². The summed E-state index contributed by atoms with van der Waals surface area (Å²) in [7, 11) is -3.83. The van der Waals surface area contributed by atoms with Crippen molar-refractivity contribution in [1.29, 1.82) is 5.26 Å². The fourth-order valence-corrected chi connectivity index (χ4v) is 4.14. The number of aromatic nitrogens is 1. The smallest absolute Gasteiger partial charge is 0.255 e. The molecular formula is C14H9N3O2S2. The Balaban J connectivity index is 2.01. The number of anilines is 1. The van der Waals surface area contributed by atoms with Crippen LogP contribution in [0.2, 0.25) is 0 Å². The molecule has 3 rings (SSSR count). The van der Waals surface area contributed by atoms with E-state index in [0.717, 1.165) is 10.2 Å². The minimum Gasteiger partial charge on any atom is -0.255 e. The second-order valence-corrected chi connectivity index (χ2v) is 6.88. The fourth-order valence-electron chi connectivity index (χ4n) is 1.88. The lowest BCUT2D eigenvalue weighted by molar-refractivity contribution is 0.601. The molecule has 0 saturated carbocycles. The number of nitriles is 1. The largest absolute Gasteiger partial charge is 0.264 e. The maximum absolute atomic E-state index is 12.4. The number of nitrogens with one attached hydrogen (secondary N) is 1. The van der Waals surface area contributed by atoms with Crippen molar-refractivity contribution in [2.45, 2.75) is 4.90 Å². The van der Waals surface area contributed by atoms with E-state index in [4.69, 9.17) is 5.26 Å². The molecule has 3 aromatic rings. The van der Waals surface area contributed by atoms with Crippen molar-refractivity contribution in [2.75, 3.05) is 4.72 Å². The van der Waals surface area contributed by atoms with E-state index in [1.54, 1.807) is 12.1 Å². The number of hydrogen-bond donors (Lipinski definition) is 1. The molecule has 5 nitrogen and oxygen atoms in total. The van der Waals surface area contributed by atoms with Crippen molar-refractivity contribution in [2.24, 2.45) is 0 Å². The Morgan fingerprint density at radius 1 is 1.10 bits per heavy atom. The van der Waals surface area contributed by atoms with Gasteiger partial charge in [0.25, 0.3) is 10.0 Å². The van der Waals surface area contributed by atoms with Gasteiger partial charge in [0.1, 0.15) is 11.0 Å². The number of thiazole rings is 1. The highest BCUT2D eigenvalue weighted by molar-refractivity contribution is 7.93. The lowest BCUT2D eigenvalue weighted by Gasteiger charge is -2.06. The van der Waals surface area contributed by atoms with Crippen molar-refractivity contribution < 1.29 is 8.42 Å². The molecule has 0 spiro atoms. The predicted molar refractivity (Wildman–Crippen MR) is 81.6 cm³/mol. The van der Waals surface area contributed by atoms with Crippen LogP contribution in [-0.2, 0) is 10.0 Å². The van der Waals surface area contributed by atoms with Gasteiger partial charge in [0.05, 0.1) is 15.8 Å². The highest BCUT2D eigenvalue weighted by atomic mass is 32.2. The summed E-state index contributed by atoms with van der Waals surface area (Å²) >= 11 is 1.25. The Hall–Kier alpha value is -2.43. The molecule has 1 aromatic heterocycles. The summed E-state index contributed by atoms with van der Waals surface area (Å²) in [6.07, 6.45) is 0. The molecule has 0 aliphatic rings. The molecule has 0 saturated heterocycles. The van der Waals surface area contributed by atoms with Gasteiger partial charge in [0, 0.05) is 0 Å². The lowest BCUT2D eigenvalue weighted by atomic mass is 10.2. The van der Waals surface area contributed by atoms with Crippen LogP contribution in [0.15, 0.2) is 53.4 Å². The molecule has 0 aliphatic carbocycles. The SMILES string of the molecule is N#Cc1ccccc1S(=O)(=O)Nc1nc2ccccc2s1. The Morgan fingerprint density at radius 2 is 1.81 bits per heavy atom. The highest BCUT2D eigenvalue weighted by Gasteiger charge is 2.19. The van der Waals surface area contributed by atoms with Gasteiger partial charge in [-0.3, -0.25) is 4.72 Å². The predicted octanol–water partition coefficient (Wildman–Crippen LogP) is 2.97. The summed E-state index contributed by atoms with van der Waals surface area (Å²) < 4.78 is 28.0. The molecule has 104 valence electrons. The maximum Gasteiger partial charge on any atom is 0.264 e. The molecular weight excluding hydrogens is 306 g/mol. The quantitative estimate of drug-likeness (QED) is 0.805. The Labute approximate surface area is 125 Å². The normalized spacial score (nSPS) is 11.2. The molecule has 21 heavy (non-hydrogen) atoms. The van der Waals surface area contributed by atoms with Gasteiger partial charge in [0.2, 0.25) is 0 Å². The molecule has 0 fully saturated rings. The first-order valence-electron chi connectivity index (χ1n) is 5.98. The molecule has 1 N–H and O–H groups in total. The second-order valence-electron chi connectivity index (χ2n) is 4.20.